The van der Waals surface area contributed by atoms with Crippen molar-refractivity contribution < 1.29 is 37.1 Å². The Morgan fingerprint density at radius 3 is 2.41 bits per heavy atom. The van der Waals surface area contributed by atoms with Gasteiger partial charge >= 0.3 is 5.97 Å². The third kappa shape index (κ3) is 3.61. The molecule has 0 radical (unpaired) electrons. The van der Waals surface area contributed by atoms with E-state index in [1.165, 1.54) is 0 Å². The lowest BCUT2D eigenvalue weighted by atomic mass is 10.1. The Morgan fingerprint density at radius 1 is 1.35 bits per heavy atom. The van der Waals surface area contributed by atoms with E-state index in [4.69, 9.17) is 4.74 Å². The van der Waals surface area contributed by atoms with Crippen LogP contribution in [0, 0.1) is 0 Å². The summed E-state index contributed by atoms with van der Waals surface area (Å²) in [5, 5.41) is 19.0. The average molecular weight is 270 g/mol. The second-order valence-corrected chi connectivity index (χ2v) is 5.23. The van der Waals surface area contributed by atoms with E-state index in [9.17, 15) is 23.4 Å². The number of aliphatic hydroxyl groups excluding tert-OH is 2. The lowest BCUT2D eigenvalue weighted by Gasteiger charge is -2.13. The van der Waals surface area contributed by atoms with Gasteiger partial charge in [-0.3, -0.25) is 4.18 Å². The van der Waals surface area contributed by atoms with Crippen LogP contribution in [0.25, 0.3) is 0 Å². The zero-order valence-electron chi connectivity index (χ0n) is 9.27. The highest BCUT2D eigenvalue weighted by atomic mass is 32.2. The van der Waals surface area contributed by atoms with Crippen molar-refractivity contribution in [3.05, 3.63) is 0 Å². The number of ether oxygens (including phenoxy) is 2. The smallest absolute Gasteiger partial charge is 0.337 e. The van der Waals surface area contributed by atoms with Crippen LogP contribution in [-0.4, -0.2) is 69.0 Å². The summed E-state index contributed by atoms with van der Waals surface area (Å²) in [7, 11) is -2.58. The Kier molecular flexibility index (Phi) is 4.44. The summed E-state index contributed by atoms with van der Waals surface area (Å²) in [5.41, 5.74) is 0. The molecule has 0 unspecified atom stereocenters. The maximum atomic E-state index is 11.1. The van der Waals surface area contributed by atoms with Crippen LogP contribution in [-0.2, 0) is 28.6 Å². The molecule has 0 aromatic rings. The number of hydrogen-bond acceptors (Lipinski definition) is 8. The molecule has 0 saturated carbocycles. The molecular weight excluding hydrogens is 256 g/mol. The Balaban J connectivity index is 2.62. The van der Waals surface area contributed by atoms with Crippen molar-refractivity contribution in [2.45, 2.75) is 24.4 Å². The van der Waals surface area contributed by atoms with Gasteiger partial charge in [-0.1, -0.05) is 0 Å². The van der Waals surface area contributed by atoms with Crippen LogP contribution < -0.4 is 0 Å². The Hall–Kier alpha value is -0.740. The van der Waals surface area contributed by atoms with Gasteiger partial charge in [0.25, 0.3) is 10.1 Å². The summed E-state index contributed by atoms with van der Waals surface area (Å²) >= 11 is 0. The van der Waals surface area contributed by atoms with E-state index in [0.717, 1.165) is 13.4 Å². The van der Waals surface area contributed by atoms with Crippen LogP contribution in [0.4, 0.5) is 0 Å². The van der Waals surface area contributed by atoms with Gasteiger partial charge in [-0.05, 0) is 0 Å². The van der Waals surface area contributed by atoms with Gasteiger partial charge in [-0.25, -0.2) is 4.79 Å². The van der Waals surface area contributed by atoms with Crippen LogP contribution in [0.15, 0.2) is 0 Å². The predicted molar refractivity (Wildman–Crippen MR) is 53.5 cm³/mol. The molecule has 1 aliphatic rings. The van der Waals surface area contributed by atoms with Crippen molar-refractivity contribution in [3.63, 3.8) is 0 Å². The molecule has 17 heavy (non-hydrogen) atoms. The minimum Gasteiger partial charge on any atom is -0.467 e. The molecule has 8 nitrogen and oxygen atoms in total. The molecule has 1 rings (SSSR count). The van der Waals surface area contributed by atoms with Gasteiger partial charge in [0, 0.05) is 0 Å². The topological polar surface area (TPSA) is 119 Å². The van der Waals surface area contributed by atoms with Crippen molar-refractivity contribution in [3.8, 4) is 0 Å². The van der Waals surface area contributed by atoms with Crippen molar-refractivity contribution in [2.24, 2.45) is 0 Å². The lowest BCUT2D eigenvalue weighted by Crippen LogP contribution is -2.37. The number of carbonyl (C=O) groups is 1. The summed E-state index contributed by atoms with van der Waals surface area (Å²) in [5.74, 6) is -0.849. The summed E-state index contributed by atoms with van der Waals surface area (Å²) in [6, 6.07) is 0. The molecule has 0 amide bonds. The highest BCUT2D eigenvalue weighted by Crippen LogP contribution is 2.22. The third-order valence-electron chi connectivity index (χ3n) is 2.24. The first kappa shape index (κ1) is 14.3. The summed E-state index contributed by atoms with van der Waals surface area (Å²) in [6.45, 7) is -0.482. The maximum Gasteiger partial charge on any atom is 0.337 e. The predicted octanol–water partition coefficient (Wildman–Crippen LogP) is -2.38. The first-order valence-electron chi connectivity index (χ1n) is 4.70. The van der Waals surface area contributed by atoms with E-state index in [-0.39, 0.29) is 0 Å². The Labute approximate surface area is 98.2 Å². The number of carbonyl (C=O) groups excluding carboxylic acids is 1. The first-order chi connectivity index (χ1) is 7.76. The summed E-state index contributed by atoms with van der Waals surface area (Å²) in [6.07, 6.45) is -4.51. The highest BCUT2D eigenvalue weighted by molar-refractivity contribution is 7.85. The monoisotopic (exact) mass is 270 g/mol. The molecule has 9 heteroatoms. The van der Waals surface area contributed by atoms with E-state index in [0.29, 0.717) is 0 Å². The Bertz CT molecular complexity index is 377. The van der Waals surface area contributed by atoms with Gasteiger partial charge in [0.15, 0.2) is 6.10 Å². The van der Waals surface area contributed by atoms with E-state index < -0.39 is 47.1 Å². The molecule has 100 valence electrons. The number of hydrogen-bond donors (Lipinski definition) is 2. The minimum absolute atomic E-state index is 0.482. The quantitative estimate of drug-likeness (QED) is 0.429. The van der Waals surface area contributed by atoms with E-state index >= 15 is 0 Å². The normalized spacial score (nSPS) is 33.6. The fraction of sp³-hybridized carbons (Fsp3) is 0.875. The first-order valence-corrected chi connectivity index (χ1v) is 6.51. The zero-order valence-corrected chi connectivity index (χ0v) is 10.1. The number of rotatable bonds is 4. The third-order valence-corrected chi connectivity index (χ3v) is 2.81. The zero-order chi connectivity index (χ0) is 13.2. The van der Waals surface area contributed by atoms with Crippen molar-refractivity contribution in [1.82, 2.24) is 0 Å². The number of esters is 1. The Morgan fingerprint density at radius 2 is 1.94 bits per heavy atom. The molecule has 0 spiro atoms. The van der Waals surface area contributed by atoms with Crippen LogP contribution >= 0.6 is 0 Å². The molecule has 0 aromatic carbocycles. The van der Waals surface area contributed by atoms with Crippen molar-refractivity contribution >= 4 is 16.1 Å². The maximum absolute atomic E-state index is 11.1. The van der Waals surface area contributed by atoms with Crippen LogP contribution in [0.1, 0.15) is 0 Å². The molecule has 2 N–H and O–H groups in total. The van der Waals surface area contributed by atoms with Gasteiger partial charge in [0.1, 0.15) is 18.3 Å². The molecule has 1 heterocycles. The standard InChI is InChI=1S/C8H14O8S/c1-14-8(11)7-6(10)5(9)4(16-7)3-15-17(2,12)13/h4-7,9-10H,3H2,1-2H3/t4-,5-,6+,7+/m1/s1. The molecule has 1 fully saturated rings. The van der Waals surface area contributed by atoms with Gasteiger partial charge < -0.3 is 19.7 Å². The molecule has 0 bridgehead atoms. The fourth-order valence-corrected chi connectivity index (χ4v) is 1.77. The lowest BCUT2D eigenvalue weighted by molar-refractivity contribution is -0.157. The summed E-state index contributed by atoms with van der Waals surface area (Å²) in [4.78, 5) is 11.1. The van der Waals surface area contributed by atoms with Crippen molar-refractivity contribution in [2.75, 3.05) is 20.0 Å². The molecule has 1 aliphatic heterocycles. The van der Waals surface area contributed by atoms with E-state index in [2.05, 4.69) is 8.92 Å². The number of methoxy groups -OCH3 is 1. The van der Waals surface area contributed by atoms with Gasteiger partial charge in [-0.2, -0.15) is 8.42 Å². The SMILES string of the molecule is COC(=O)[C@H]1O[C@H](COS(C)(=O)=O)[C@@H](O)[C@@H]1O. The molecule has 0 aliphatic carbocycles. The minimum atomic E-state index is -3.68. The average Bonchev–Trinajstić information content (AvgIpc) is 2.52. The fourth-order valence-electron chi connectivity index (χ4n) is 1.39. The molecule has 1 saturated heterocycles. The van der Waals surface area contributed by atoms with Crippen LogP contribution in [0.3, 0.4) is 0 Å². The van der Waals surface area contributed by atoms with Crippen molar-refractivity contribution in [1.29, 1.82) is 0 Å². The largest absolute Gasteiger partial charge is 0.467 e. The second kappa shape index (κ2) is 5.27. The molecule has 4 atom stereocenters. The number of aliphatic hydroxyl groups is 2. The molecular formula is C8H14O8S. The van der Waals surface area contributed by atoms with E-state index in [1.807, 2.05) is 0 Å². The van der Waals surface area contributed by atoms with Crippen LogP contribution in [0.2, 0.25) is 0 Å². The van der Waals surface area contributed by atoms with Gasteiger partial charge in [-0.15, -0.1) is 0 Å². The van der Waals surface area contributed by atoms with E-state index in [1.54, 1.807) is 0 Å². The molecule has 0 aromatic heterocycles. The van der Waals surface area contributed by atoms with Gasteiger partial charge in [0.2, 0.25) is 0 Å². The highest BCUT2D eigenvalue weighted by Gasteiger charge is 2.47. The van der Waals surface area contributed by atoms with Gasteiger partial charge in [0.05, 0.1) is 20.0 Å². The summed E-state index contributed by atoms with van der Waals surface area (Å²) < 4.78 is 35.2. The van der Waals surface area contributed by atoms with Crippen LogP contribution in [0.5, 0.6) is 0 Å². The second-order valence-electron chi connectivity index (χ2n) is 3.59.